The van der Waals surface area contributed by atoms with Gasteiger partial charge in [0.1, 0.15) is 18.2 Å². The highest BCUT2D eigenvalue weighted by molar-refractivity contribution is 8.27. The van der Waals surface area contributed by atoms with E-state index in [1.165, 1.54) is 24.3 Å². The summed E-state index contributed by atoms with van der Waals surface area (Å²) in [5.41, 5.74) is 0.556. The summed E-state index contributed by atoms with van der Waals surface area (Å²) in [6.45, 7) is 0.191. The molecule has 0 aliphatic carbocycles. The van der Waals surface area contributed by atoms with Crippen molar-refractivity contribution in [3.8, 4) is 5.75 Å². The molecule has 0 unspecified atom stereocenters. The maximum absolute atomic E-state index is 13.1. The monoisotopic (exact) mass is 489 g/mol. The van der Waals surface area contributed by atoms with Gasteiger partial charge in [-0.05, 0) is 48.0 Å². The minimum absolute atomic E-state index is 0.0524. The predicted molar refractivity (Wildman–Crippen MR) is 124 cm³/mol. The number of benzene rings is 3. The van der Waals surface area contributed by atoms with Crippen LogP contribution in [0.1, 0.15) is 16.7 Å². The highest BCUT2D eigenvalue weighted by atomic mass is 32.2. The number of thiocarbonyl (C=S) groups is 1. The number of hydrogen-bond donors (Lipinski definition) is 0. The highest BCUT2D eigenvalue weighted by Crippen LogP contribution is 2.39. The van der Waals surface area contributed by atoms with E-state index in [2.05, 4.69) is 0 Å². The number of alkyl halides is 3. The second kappa shape index (κ2) is 9.36. The molecule has 1 heterocycles. The smallest absolute Gasteiger partial charge is 0.416 e. The van der Waals surface area contributed by atoms with Crippen molar-refractivity contribution < 1.29 is 27.1 Å². The first kappa shape index (κ1) is 23.0. The number of amides is 1. The van der Waals surface area contributed by atoms with Gasteiger partial charge in [0.05, 0.1) is 16.2 Å². The molecule has 0 N–H and O–H groups in total. The first-order valence-corrected chi connectivity index (χ1v) is 10.9. The van der Waals surface area contributed by atoms with Gasteiger partial charge in [-0.2, -0.15) is 13.2 Å². The Balaban J connectivity index is 1.57. The highest BCUT2D eigenvalue weighted by Gasteiger charge is 2.36. The summed E-state index contributed by atoms with van der Waals surface area (Å²) in [6, 6.07) is 17.4. The fourth-order valence-corrected chi connectivity index (χ4v) is 4.42. The van der Waals surface area contributed by atoms with E-state index < -0.39 is 17.6 Å². The summed E-state index contributed by atoms with van der Waals surface area (Å²) >= 11 is 6.27. The van der Waals surface area contributed by atoms with Crippen molar-refractivity contribution in [1.29, 1.82) is 0 Å². The fourth-order valence-electron chi connectivity index (χ4n) is 3.13. The Kier molecular flexibility index (Phi) is 6.53. The Bertz CT molecular complexity index is 1240. The number of rotatable bonds is 5. The summed E-state index contributed by atoms with van der Waals surface area (Å²) in [6.07, 6.45) is -2.94. The molecule has 1 aliphatic heterocycles. The fraction of sp³-hybridized carbons (Fsp3) is 0.0833. The van der Waals surface area contributed by atoms with Crippen molar-refractivity contribution in [1.82, 2.24) is 0 Å². The zero-order valence-electron chi connectivity index (χ0n) is 16.8. The van der Waals surface area contributed by atoms with Gasteiger partial charge in [0, 0.05) is 5.56 Å². The normalized spacial score (nSPS) is 15.4. The number of thioether (sulfide) groups is 1. The SMILES string of the molecule is O=C1C(=Cc2ccccc2OCc2ccc(F)cc2)SC(=S)N1c1cccc(C(F)(F)F)c1. The van der Waals surface area contributed by atoms with E-state index >= 15 is 0 Å². The maximum atomic E-state index is 13.1. The van der Waals surface area contributed by atoms with E-state index in [-0.39, 0.29) is 27.3 Å². The summed E-state index contributed by atoms with van der Waals surface area (Å²) < 4.78 is 58.3. The average Bonchev–Trinajstić information content (AvgIpc) is 3.06. The molecule has 0 bridgehead atoms. The van der Waals surface area contributed by atoms with Crippen LogP contribution in [0.15, 0.2) is 77.7 Å². The second-order valence-corrected chi connectivity index (χ2v) is 8.69. The van der Waals surface area contributed by atoms with Gasteiger partial charge in [-0.3, -0.25) is 9.69 Å². The molecule has 33 heavy (non-hydrogen) atoms. The van der Waals surface area contributed by atoms with E-state index in [9.17, 15) is 22.4 Å². The van der Waals surface area contributed by atoms with Crippen LogP contribution in [0.3, 0.4) is 0 Å². The number of halogens is 4. The quantitative estimate of drug-likeness (QED) is 0.223. The van der Waals surface area contributed by atoms with Crippen molar-refractivity contribution in [2.75, 3.05) is 4.90 Å². The Morgan fingerprint density at radius 1 is 1.00 bits per heavy atom. The molecule has 1 aliphatic rings. The standard InChI is InChI=1S/C24H15F4NO2S2/c25-18-10-8-15(9-11-18)14-31-20-7-2-1-4-16(20)12-21-22(30)29(23(32)33-21)19-6-3-5-17(13-19)24(26,27)28/h1-13H,14H2. The third-order valence-corrected chi connectivity index (χ3v) is 6.04. The van der Waals surface area contributed by atoms with Crippen molar-refractivity contribution in [2.24, 2.45) is 0 Å². The van der Waals surface area contributed by atoms with Gasteiger partial charge < -0.3 is 4.74 Å². The first-order chi connectivity index (χ1) is 15.7. The molecule has 4 rings (SSSR count). The van der Waals surface area contributed by atoms with Crippen LogP contribution in [0, 0.1) is 5.82 Å². The molecule has 3 nitrogen and oxygen atoms in total. The molecule has 0 radical (unpaired) electrons. The van der Waals surface area contributed by atoms with Crippen LogP contribution < -0.4 is 9.64 Å². The number of nitrogens with zero attached hydrogens (tertiary/aromatic N) is 1. The lowest BCUT2D eigenvalue weighted by atomic mass is 10.1. The number of carbonyl (C=O) groups is 1. The van der Waals surface area contributed by atoms with E-state index in [0.717, 1.165) is 34.4 Å². The lowest BCUT2D eigenvalue weighted by Gasteiger charge is -2.16. The maximum Gasteiger partial charge on any atom is 0.416 e. The summed E-state index contributed by atoms with van der Waals surface area (Å²) in [4.78, 5) is 14.3. The van der Waals surface area contributed by atoms with Gasteiger partial charge in [-0.15, -0.1) is 0 Å². The number of carbonyl (C=O) groups excluding carboxylic acids is 1. The Morgan fingerprint density at radius 2 is 1.73 bits per heavy atom. The van der Waals surface area contributed by atoms with E-state index in [1.54, 1.807) is 42.5 Å². The van der Waals surface area contributed by atoms with Crippen molar-refractivity contribution in [3.05, 3.63) is 100 Å². The molecular formula is C24H15F4NO2S2. The largest absolute Gasteiger partial charge is 0.488 e. The van der Waals surface area contributed by atoms with Gasteiger partial charge in [-0.1, -0.05) is 60.4 Å². The van der Waals surface area contributed by atoms with Crippen molar-refractivity contribution >= 4 is 46.0 Å². The second-order valence-electron chi connectivity index (χ2n) is 7.02. The number of ether oxygens (including phenoxy) is 1. The zero-order valence-corrected chi connectivity index (χ0v) is 18.4. The van der Waals surface area contributed by atoms with Crippen LogP contribution in [-0.4, -0.2) is 10.2 Å². The van der Waals surface area contributed by atoms with E-state index in [0.29, 0.717) is 11.3 Å². The van der Waals surface area contributed by atoms with Gasteiger partial charge in [0.15, 0.2) is 4.32 Å². The lowest BCUT2D eigenvalue weighted by molar-refractivity contribution is -0.137. The average molecular weight is 490 g/mol. The van der Waals surface area contributed by atoms with Gasteiger partial charge in [0.2, 0.25) is 0 Å². The first-order valence-electron chi connectivity index (χ1n) is 9.64. The van der Waals surface area contributed by atoms with Crippen LogP contribution in [0.2, 0.25) is 0 Å². The van der Waals surface area contributed by atoms with Gasteiger partial charge in [-0.25, -0.2) is 4.39 Å². The van der Waals surface area contributed by atoms with E-state index in [1.807, 2.05) is 0 Å². The van der Waals surface area contributed by atoms with Gasteiger partial charge >= 0.3 is 6.18 Å². The lowest BCUT2D eigenvalue weighted by Crippen LogP contribution is -2.27. The third kappa shape index (κ3) is 5.26. The molecule has 168 valence electrons. The summed E-state index contributed by atoms with van der Waals surface area (Å²) in [5, 5.41) is 0. The summed E-state index contributed by atoms with van der Waals surface area (Å²) in [5.74, 6) is -0.370. The molecule has 0 atom stereocenters. The minimum atomic E-state index is -4.53. The predicted octanol–water partition coefficient (Wildman–Crippen LogP) is 6.83. The van der Waals surface area contributed by atoms with Crippen molar-refractivity contribution in [3.63, 3.8) is 0 Å². The minimum Gasteiger partial charge on any atom is -0.488 e. The summed E-state index contributed by atoms with van der Waals surface area (Å²) in [7, 11) is 0. The Labute approximate surface area is 196 Å². The topological polar surface area (TPSA) is 29.5 Å². The van der Waals surface area contributed by atoms with Crippen LogP contribution in [-0.2, 0) is 17.6 Å². The van der Waals surface area contributed by atoms with Crippen LogP contribution in [0.25, 0.3) is 6.08 Å². The Hall–Kier alpha value is -3.17. The molecule has 0 aromatic heterocycles. The molecule has 9 heteroatoms. The van der Waals surface area contributed by atoms with Gasteiger partial charge in [0.25, 0.3) is 5.91 Å². The van der Waals surface area contributed by atoms with E-state index in [4.69, 9.17) is 17.0 Å². The number of hydrogen-bond acceptors (Lipinski definition) is 4. The molecule has 1 saturated heterocycles. The molecular weight excluding hydrogens is 474 g/mol. The molecule has 1 fully saturated rings. The Morgan fingerprint density at radius 3 is 2.45 bits per heavy atom. The molecule has 3 aromatic carbocycles. The number of para-hydroxylation sites is 1. The van der Waals surface area contributed by atoms with Crippen LogP contribution in [0.5, 0.6) is 5.75 Å². The van der Waals surface area contributed by atoms with Crippen molar-refractivity contribution in [2.45, 2.75) is 12.8 Å². The van der Waals surface area contributed by atoms with Crippen LogP contribution >= 0.6 is 24.0 Å². The zero-order chi connectivity index (χ0) is 23.6. The number of anilines is 1. The molecule has 3 aromatic rings. The molecule has 1 amide bonds. The van der Waals surface area contributed by atoms with Crippen LogP contribution in [0.4, 0.5) is 23.2 Å². The molecule has 0 saturated carbocycles. The molecule has 0 spiro atoms. The third-order valence-electron chi connectivity index (χ3n) is 4.74.